The Morgan fingerprint density at radius 2 is 2.12 bits per heavy atom. The summed E-state index contributed by atoms with van der Waals surface area (Å²) in [7, 11) is 1.62. The van der Waals surface area contributed by atoms with Crippen LogP contribution in [0, 0.1) is 0 Å². The van der Waals surface area contributed by atoms with Crippen LogP contribution in [0.5, 0.6) is 5.75 Å². The second kappa shape index (κ2) is 6.95. The van der Waals surface area contributed by atoms with Gasteiger partial charge in [0.05, 0.1) is 12.7 Å². The maximum atomic E-state index is 12.8. The lowest BCUT2D eigenvalue weighted by molar-refractivity contribution is 0.0709. The molecule has 1 fully saturated rings. The molecule has 1 amide bonds. The van der Waals surface area contributed by atoms with E-state index in [0.29, 0.717) is 23.8 Å². The molecule has 7 nitrogen and oxygen atoms in total. The van der Waals surface area contributed by atoms with Crippen molar-refractivity contribution in [2.24, 2.45) is 0 Å². The van der Waals surface area contributed by atoms with Gasteiger partial charge in [0.2, 0.25) is 11.7 Å². The Morgan fingerprint density at radius 1 is 1.27 bits per heavy atom. The maximum absolute atomic E-state index is 12.8. The predicted molar refractivity (Wildman–Crippen MR) is 93.5 cm³/mol. The number of methoxy groups -OCH3 is 1. The number of pyridine rings is 1. The third-order valence-electron chi connectivity index (χ3n) is 4.50. The number of carbonyl (C=O) groups is 1. The summed E-state index contributed by atoms with van der Waals surface area (Å²) >= 11 is 0. The van der Waals surface area contributed by atoms with Crippen LogP contribution in [0.2, 0.25) is 0 Å². The molecule has 0 saturated carbocycles. The maximum Gasteiger partial charge on any atom is 0.256 e. The van der Waals surface area contributed by atoms with Gasteiger partial charge in [0.15, 0.2) is 0 Å². The van der Waals surface area contributed by atoms with Crippen molar-refractivity contribution < 1.29 is 14.1 Å². The fourth-order valence-electron chi connectivity index (χ4n) is 3.15. The quantitative estimate of drug-likeness (QED) is 0.719. The van der Waals surface area contributed by atoms with Gasteiger partial charge in [-0.1, -0.05) is 5.16 Å². The highest BCUT2D eigenvalue weighted by molar-refractivity contribution is 5.94. The van der Waals surface area contributed by atoms with Crippen molar-refractivity contribution in [1.82, 2.24) is 20.0 Å². The normalized spacial score (nSPS) is 16.7. The highest BCUT2D eigenvalue weighted by Gasteiger charge is 2.34. The van der Waals surface area contributed by atoms with Gasteiger partial charge in [-0.05, 0) is 49.2 Å². The standard InChI is InChI=1S/C19H18N4O3/c1-25-15-8-6-13(7-9-15)17-21-18(26-22-17)16-5-3-11-23(16)19(24)14-4-2-10-20-12-14/h2,4,6-10,12,16H,3,5,11H2,1H3/t16-/m0/s1. The van der Waals surface area contributed by atoms with E-state index in [2.05, 4.69) is 15.1 Å². The molecule has 0 aliphatic carbocycles. The van der Waals surface area contributed by atoms with E-state index in [4.69, 9.17) is 9.26 Å². The fraction of sp³-hybridized carbons (Fsp3) is 0.263. The van der Waals surface area contributed by atoms with Crippen LogP contribution < -0.4 is 4.74 Å². The van der Waals surface area contributed by atoms with Gasteiger partial charge in [0.1, 0.15) is 11.8 Å². The van der Waals surface area contributed by atoms with Crippen LogP contribution in [0.1, 0.15) is 35.1 Å². The average Bonchev–Trinajstić information content (AvgIpc) is 3.37. The number of carbonyl (C=O) groups excluding carboxylic acids is 1. The van der Waals surface area contributed by atoms with Crippen molar-refractivity contribution in [3.05, 3.63) is 60.2 Å². The summed E-state index contributed by atoms with van der Waals surface area (Å²) in [4.78, 5) is 23.1. The molecular formula is C19H18N4O3. The molecule has 3 aromatic rings. The zero-order chi connectivity index (χ0) is 17.9. The Labute approximate surface area is 150 Å². The van der Waals surface area contributed by atoms with Gasteiger partial charge in [-0.3, -0.25) is 9.78 Å². The molecule has 1 aliphatic heterocycles. The van der Waals surface area contributed by atoms with Crippen LogP contribution in [-0.2, 0) is 0 Å². The van der Waals surface area contributed by atoms with E-state index in [-0.39, 0.29) is 11.9 Å². The van der Waals surface area contributed by atoms with Crippen molar-refractivity contribution in [2.45, 2.75) is 18.9 Å². The first-order valence-corrected chi connectivity index (χ1v) is 8.45. The number of aromatic nitrogens is 3. The Balaban J connectivity index is 1.57. The molecule has 0 N–H and O–H groups in total. The summed E-state index contributed by atoms with van der Waals surface area (Å²) in [6.07, 6.45) is 4.93. The predicted octanol–water partition coefficient (Wildman–Crippen LogP) is 3.12. The number of hydrogen-bond donors (Lipinski definition) is 0. The van der Waals surface area contributed by atoms with Crippen molar-refractivity contribution in [3.63, 3.8) is 0 Å². The van der Waals surface area contributed by atoms with Crippen molar-refractivity contribution in [1.29, 1.82) is 0 Å². The number of ether oxygens (including phenoxy) is 1. The molecule has 2 aromatic heterocycles. The molecule has 1 aliphatic rings. The Kier molecular flexibility index (Phi) is 4.35. The summed E-state index contributed by atoms with van der Waals surface area (Å²) < 4.78 is 10.6. The topological polar surface area (TPSA) is 81.4 Å². The second-order valence-electron chi connectivity index (χ2n) is 6.08. The molecular weight excluding hydrogens is 332 g/mol. The monoisotopic (exact) mass is 350 g/mol. The molecule has 4 rings (SSSR count). The van der Waals surface area contributed by atoms with E-state index in [1.165, 1.54) is 0 Å². The van der Waals surface area contributed by atoms with Crippen LogP contribution in [-0.4, -0.2) is 39.6 Å². The molecule has 1 atom stereocenters. The third-order valence-corrected chi connectivity index (χ3v) is 4.50. The van der Waals surface area contributed by atoms with Gasteiger partial charge in [-0.25, -0.2) is 0 Å². The summed E-state index contributed by atoms with van der Waals surface area (Å²) in [6, 6.07) is 10.8. The van der Waals surface area contributed by atoms with E-state index in [1.807, 2.05) is 24.3 Å². The summed E-state index contributed by atoms with van der Waals surface area (Å²) in [5.74, 6) is 1.67. The third kappa shape index (κ3) is 3.03. The first-order chi connectivity index (χ1) is 12.8. The summed E-state index contributed by atoms with van der Waals surface area (Å²) in [6.45, 7) is 0.665. The van der Waals surface area contributed by atoms with E-state index >= 15 is 0 Å². The zero-order valence-corrected chi connectivity index (χ0v) is 14.3. The van der Waals surface area contributed by atoms with E-state index in [1.54, 1.807) is 36.5 Å². The Hall–Kier alpha value is -3.22. The van der Waals surface area contributed by atoms with E-state index < -0.39 is 0 Å². The van der Waals surface area contributed by atoms with Crippen LogP contribution in [0.3, 0.4) is 0 Å². The number of nitrogens with zero attached hydrogens (tertiary/aromatic N) is 4. The minimum atomic E-state index is -0.206. The highest BCUT2D eigenvalue weighted by Crippen LogP contribution is 2.33. The molecule has 7 heteroatoms. The number of rotatable bonds is 4. The second-order valence-corrected chi connectivity index (χ2v) is 6.08. The first-order valence-electron chi connectivity index (χ1n) is 8.45. The zero-order valence-electron chi connectivity index (χ0n) is 14.3. The molecule has 0 unspecified atom stereocenters. The van der Waals surface area contributed by atoms with Crippen LogP contribution in [0.25, 0.3) is 11.4 Å². The van der Waals surface area contributed by atoms with Crippen molar-refractivity contribution in [2.75, 3.05) is 13.7 Å². The molecule has 0 spiro atoms. The number of benzene rings is 1. The molecule has 132 valence electrons. The highest BCUT2D eigenvalue weighted by atomic mass is 16.5. The van der Waals surface area contributed by atoms with Crippen LogP contribution in [0.15, 0.2) is 53.3 Å². The minimum absolute atomic E-state index is 0.0650. The lowest BCUT2D eigenvalue weighted by Gasteiger charge is -2.21. The molecule has 0 bridgehead atoms. The summed E-state index contributed by atoms with van der Waals surface area (Å²) in [5.41, 5.74) is 1.40. The van der Waals surface area contributed by atoms with Crippen molar-refractivity contribution in [3.8, 4) is 17.1 Å². The summed E-state index contributed by atoms with van der Waals surface area (Å²) in [5, 5.41) is 4.08. The SMILES string of the molecule is COc1ccc(-c2noc([C@@H]3CCCN3C(=O)c3cccnc3)n2)cc1. The smallest absolute Gasteiger partial charge is 0.256 e. The van der Waals surface area contributed by atoms with Gasteiger partial charge in [0.25, 0.3) is 5.91 Å². The van der Waals surface area contributed by atoms with Gasteiger partial charge in [0, 0.05) is 24.5 Å². The number of likely N-dealkylation sites (tertiary alicyclic amines) is 1. The van der Waals surface area contributed by atoms with Gasteiger partial charge >= 0.3 is 0 Å². The van der Waals surface area contributed by atoms with Gasteiger partial charge in [-0.15, -0.1) is 0 Å². The molecule has 0 radical (unpaired) electrons. The fourth-order valence-corrected chi connectivity index (χ4v) is 3.15. The molecule has 26 heavy (non-hydrogen) atoms. The lowest BCUT2D eigenvalue weighted by atomic mass is 10.2. The van der Waals surface area contributed by atoms with E-state index in [0.717, 1.165) is 24.2 Å². The van der Waals surface area contributed by atoms with Gasteiger partial charge < -0.3 is 14.2 Å². The Bertz CT molecular complexity index is 893. The van der Waals surface area contributed by atoms with E-state index in [9.17, 15) is 4.79 Å². The molecule has 1 aromatic carbocycles. The average molecular weight is 350 g/mol. The van der Waals surface area contributed by atoms with Crippen LogP contribution in [0.4, 0.5) is 0 Å². The van der Waals surface area contributed by atoms with Crippen LogP contribution >= 0.6 is 0 Å². The molecule has 1 saturated heterocycles. The van der Waals surface area contributed by atoms with Crippen molar-refractivity contribution >= 4 is 5.91 Å². The lowest BCUT2D eigenvalue weighted by Crippen LogP contribution is -2.30. The largest absolute Gasteiger partial charge is 0.497 e. The number of hydrogen-bond acceptors (Lipinski definition) is 6. The van der Waals surface area contributed by atoms with Gasteiger partial charge in [-0.2, -0.15) is 4.98 Å². The minimum Gasteiger partial charge on any atom is -0.497 e. The number of amides is 1. The molecule has 3 heterocycles. The Morgan fingerprint density at radius 3 is 2.85 bits per heavy atom. The first kappa shape index (κ1) is 16.3.